The van der Waals surface area contributed by atoms with Crippen LogP contribution >= 0.6 is 12.4 Å². The van der Waals surface area contributed by atoms with Gasteiger partial charge in [0.05, 0.1) is 4.90 Å². The molecule has 20 heavy (non-hydrogen) atoms. The number of hydrogen-bond acceptors (Lipinski definition) is 4. The van der Waals surface area contributed by atoms with Crippen molar-refractivity contribution in [3.8, 4) is 0 Å². The molecular formula is C11H17ClN4O3S. The minimum Gasteiger partial charge on any atom is -0.370 e. The van der Waals surface area contributed by atoms with Crippen LogP contribution in [0.4, 0.5) is 0 Å². The second kappa shape index (κ2) is 6.69. The molecule has 0 heterocycles. The topological polar surface area (TPSA) is 139 Å². The molecule has 0 saturated heterocycles. The van der Waals surface area contributed by atoms with Crippen molar-refractivity contribution in [3.05, 3.63) is 29.3 Å². The lowest BCUT2D eigenvalue weighted by atomic mass is 10.0. The SMILES string of the molecule is CC(C)c1ccc(C(=O)NC(=N)N)cc1S(N)(=O)=O.Cl. The van der Waals surface area contributed by atoms with Crippen LogP contribution in [0, 0.1) is 5.41 Å². The third-order valence-electron chi connectivity index (χ3n) is 2.45. The van der Waals surface area contributed by atoms with E-state index in [1.54, 1.807) is 0 Å². The van der Waals surface area contributed by atoms with E-state index in [2.05, 4.69) is 5.32 Å². The van der Waals surface area contributed by atoms with Crippen molar-refractivity contribution in [3.63, 3.8) is 0 Å². The van der Waals surface area contributed by atoms with Crippen LogP contribution in [0.25, 0.3) is 0 Å². The summed E-state index contributed by atoms with van der Waals surface area (Å²) >= 11 is 0. The van der Waals surface area contributed by atoms with Gasteiger partial charge in [0.1, 0.15) is 0 Å². The molecule has 9 heteroatoms. The molecule has 112 valence electrons. The van der Waals surface area contributed by atoms with Crippen LogP contribution < -0.4 is 16.2 Å². The van der Waals surface area contributed by atoms with Crippen molar-refractivity contribution >= 4 is 34.3 Å². The van der Waals surface area contributed by atoms with E-state index in [0.29, 0.717) is 5.56 Å². The predicted octanol–water partition coefficient (Wildman–Crippen LogP) is 0.502. The van der Waals surface area contributed by atoms with Gasteiger partial charge >= 0.3 is 0 Å². The maximum absolute atomic E-state index is 11.6. The Balaban J connectivity index is 0.00000361. The molecular weight excluding hydrogens is 304 g/mol. The van der Waals surface area contributed by atoms with Gasteiger partial charge in [0, 0.05) is 5.56 Å². The fourth-order valence-electron chi connectivity index (χ4n) is 1.59. The summed E-state index contributed by atoms with van der Waals surface area (Å²) in [6.07, 6.45) is 0. The molecule has 0 aliphatic heterocycles. The first-order valence-corrected chi connectivity index (χ1v) is 6.99. The molecule has 0 aliphatic rings. The molecule has 1 aromatic rings. The van der Waals surface area contributed by atoms with E-state index >= 15 is 0 Å². The minimum atomic E-state index is -3.93. The summed E-state index contributed by atoms with van der Waals surface area (Å²) in [5, 5.41) is 14.2. The Kier molecular flexibility index (Phi) is 6.14. The molecule has 1 rings (SSSR count). The first-order valence-electron chi connectivity index (χ1n) is 5.45. The molecule has 0 aromatic heterocycles. The van der Waals surface area contributed by atoms with E-state index in [-0.39, 0.29) is 28.8 Å². The zero-order valence-electron chi connectivity index (χ0n) is 11.0. The van der Waals surface area contributed by atoms with Crippen LogP contribution in [0.15, 0.2) is 23.1 Å². The van der Waals surface area contributed by atoms with Crippen molar-refractivity contribution in [1.29, 1.82) is 5.41 Å². The van der Waals surface area contributed by atoms with Crippen LogP contribution in [0.5, 0.6) is 0 Å². The average Bonchev–Trinajstić information content (AvgIpc) is 2.25. The Morgan fingerprint density at radius 1 is 1.35 bits per heavy atom. The van der Waals surface area contributed by atoms with Crippen molar-refractivity contribution in [1.82, 2.24) is 5.32 Å². The van der Waals surface area contributed by atoms with E-state index in [1.165, 1.54) is 18.2 Å². The van der Waals surface area contributed by atoms with E-state index in [1.807, 2.05) is 13.8 Å². The number of carbonyl (C=O) groups excluding carboxylic acids is 1. The summed E-state index contributed by atoms with van der Waals surface area (Å²) in [6.45, 7) is 3.64. The summed E-state index contributed by atoms with van der Waals surface area (Å²) < 4.78 is 23.1. The number of halogens is 1. The molecule has 0 radical (unpaired) electrons. The maximum atomic E-state index is 11.6. The maximum Gasteiger partial charge on any atom is 0.257 e. The molecule has 0 aliphatic carbocycles. The Bertz CT molecular complexity index is 629. The molecule has 0 saturated carbocycles. The van der Waals surface area contributed by atoms with Gasteiger partial charge in [-0.1, -0.05) is 19.9 Å². The standard InChI is InChI=1S/C11H16N4O3S.ClH/c1-6(2)8-4-3-7(10(16)15-11(12)13)5-9(8)19(14,17)18;/h3-6H,1-2H3,(H2,14,17,18)(H4,12,13,15,16);1H. The molecule has 0 bridgehead atoms. The molecule has 7 nitrogen and oxygen atoms in total. The number of rotatable bonds is 3. The molecule has 1 amide bonds. The Labute approximate surface area is 123 Å². The summed E-state index contributed by atoms with van der Waals surface area (Å²) in [7, 11) is -3.93. The van der Waals surface area contributed by atoms with Gasteiger partial charge in [-0.2, -0.15) is 0 Å². The fraction of sp³-hybridized carbons (Fsp3) is 0.273. The number of amides is 1. The fourth-order valence-corrected chi connectivity index (χ4v) is 2.52. The van der Waals surface area contributed by atoms with Gasteiger partial charge in [-0.15, -0.1) is 12.4 Å². The van der Waals surface area contributed by atoms with Gasteiger partial charge in [-0.3, -0.25) is 15.5 Å². The second-order valence-corrected chi connectivity index (χ2v) is 5.85. The summed E-state index contributed by atoms with van der Waals surface area (Å²) in [6, 6.07) is 4.17. The van der Waals surface area contributed by atoms with E-state index in [0.717, 1.165) is 0 Å². The summed E-state index contributed by atoms with van der Waals surface area (Å²) in [4.78, 5) is 11.5. The Hall–Kier alpha value is -1.64. The number of nitrogens with one attached hydrogen (secondary N) is 2. The van der Waals surface area contributed by atoms with Crippen molar-refractivity contribution < 1.29 is 13.2 Å². The smallest absolute Gasteiger partial charge is 0.257 e. The lowest BCUT2D eigenvalue weighted by molar-refractivity contribution is 0.0976. The second-order valence-electron chi connectivity index (χ2n) is 4.32. The van der Waals surface area contributed by atoms with Gasteiger partial charge in [0.2, 0.25) is 10.0 Å². The normalized spacial score (nSPS) is 10.8. The lowest BCUT2D eigenvalue weighted by Gasteiger charge is -2.12. The summed E-state index contributed by atoms with van der Waals surface area (Å²) in [5.41, 5.74) is 5.64. The third-order valence-corrected chi connectivity index (χ3v) is 3.42. The zero-order valence-corrected chi connectivity index (χ0v) is 12.6. The third kappa shape index (κ3) is 4.48. The Morgan fingerprint density at radius 3 is 2.30 bits per heavy atom. The quantitative estimate of drug-likeness (QED) is 0.475. The van der Waals surface area contributed by atoms with Gasteiger partial charge in [0.25, 0.3) is 5.91 Å². The largest absolute Gasteiger partial charge is 0.370 e. The van der Waals surface area contributed by atoms with Crippen molar-refractivity contribution in [2.24, 2.45) is 10.9 Å². The predicted molar refractivity (Wildman–Crippen MR) is 78.5 cm³/mol. The number of benzene rings is 1. The van der Waals surface area contributed by atoms with Crippen molar-refractivity contribution in [2.75, 3.05) is 0 Å². The lowest BCUT2D eigenvalue weighted by Crippen LogP contribution is -2.35. The van der Waals surface area contributed by atoms with Crippen LogP contribution in [-0.2, 0) is 10.0 Å². The highest BCUT2D eigenvalue weighted by molar-refractivity contribution is 7.89. The minimum absolute atomic E-state index is 0. The van der Waals surface area contributed by atoms with Gasteiger partial charge in [-0.05, 0) is 23.6 Å². The monoisotopic (exact) mass is 320 g/mol. The van der Waals surface area contributed by atoms with Gasteiger partial charge in [0.15, 0.2) is 5.96 Å². The first-order chi connectivity index (χ1) is 8.62. The first kappa shape index (κ1) is 18.4. The zero-order chi connectivity index (χ0) is 14.8. The van der Waals surface area contributed by atoms with E-state index < -0.39 is 21.9 Å². The molecule has 1 aromatic carbocycles. The van der Waals surface area contributed by atoms with Crippen LogP contribution in [0.1, 0.15) is 35.7 Å². The van der Waals surface area contributed by atoms with Crippen molar-refractivity contribution in [2.45, 2.75) is 24.7 Å². The molecule has 6 N–H and O–H groups in total. The van der Waals surface area contributed by atoms with E-state index in [4.69, 9.17) is 16.3 Å². The molecule has 0 fully saturated rings. The highest BCUT2D eigenvalue weighted by atomic mass is 35.5. The molecule has 0 spiro atoms. The van der Waals surface area contributed by atoms with Crippen LogP contribution in [0.3, 0.4) is 0 Å². The summed E-state index contributed by atoms with van der Waals surface area (Å²) in [5.74, 6) is -1.24. The number of guanidine groups is 1. The molecule has 0 atom stereocenters. The molecule has 0 unspecified atom stereocenters. The van der Waals surface area contributed by atoms with E-state index in [9.17, 15) is 13.2 Å². The Morgan fingerprint density at radius 2 is 1.90 bits per heavy atom. The van der Waals surface area contributed by atoms with Gasteiger partial charge in [-0.25, -0.2) is 13.6 Å². The number of hydrogen-bond donors (Lipinski definition) is 4. The number of carbonyl (C=O) groups is 1. The number of primary sulfonamides is 1. The highest BCUT2D eigenvalue weighted by Gasteiger charge is 2.19. The highest BCUT2D eigenvalue weighted by Crippen LogP contribution is 2.24. The number of sulfonamides is 1. The average molecular weight is 321 g/mol. The van der Waals surface area contributed by atoms with Crippen LogP contribution in [-0.4, -0.2) is 20.3 Å². The van der Waals surface area contributed by atoms with Gasteiger partial charge < -0.3 is 5.73 Å². The van der Waals surface area contributed by atoms with Crippen LogP contribution in [0.2, 0.25) is 0 Å². The number of nitrogens with two attached hydrogens (primary N) is 2.